The van der Waals surface area contributed by atoms with E-state index in [1.165, 1.54) is 36.4 Å². The first-order valence-corrected chi connectivity index (χ1v) is 13.8. The summed E-state index contributed by atoms with van der Waals surface area (Å²) in [5.74, 6) is -1.83. The molecule has 0 saturated heterocycles. The van der Waals surface area contributed by atoms with Crippen molar-refractivity contribution in [1.29, 1.82) is 0 Å². The highest BCUT2D eigenvalue weighted by molar-refractivity contribution is 5.79. The average molecular weight is 596 g/mol. The van der Waals surface area contributed by atoms with Gasteiger partial charge in [0.25, 0.3) is 0 Å². The largest absolute Gasteiger partial charge is 0.573 e. The molecule has 3 aromatic carbocycles. The number of rotatable bonds is 13. The van der Waals surface area contributed by atoms with Gasteiger partial charge >= 0.3 is 18.5 Å². The van der Waals surface area contributed by atoms with Crippen molar-refractivity contribution in [2.75, 3.05) is 11.4 Å². The van der Waals surface area contributed by atoms with Gasteiger partial charge < -0.3 is 14.7 Å². The Morgan fingerprint density at radius 1 is 0.881 bits per heavy atom. The highest BCUT2D eigenvalue weighted by atomic mass is 19.4. The van der Waals surface area contributed by atoms with Gasteiger partial charge in [-0.1, -0.05) is 63.9 Å². The summed E-state index contributed by atoms with van der Waals surface area (Å²) in [7, 11) is 0. The number of carboxylic acids is 1. The third kappa shape index (κ3) is 9.70. The topological polar surface area (TPSA) is 49.8 Å². The van der Waals surface area contributed by atoms with Crippen LogP contribution in [0.25, 0.3) is 11.1 Å². The van der Waals surface area contributed by atoms with Crippen molar-refractivity contribution in [2.45, 2.75) is 71.5 Å². The van der Waals surface area contributed by atoms with E-state index in [0.717, 1.165) is 25.0 Å². The average Bonchev–Trinajstić information content (AvgIpc) is 2.90. The Morgan fingerprint density at radius 3 is 2.05 bits per heavy atom. The van der Waals surface area contributed by atoms with Crippen LogP contribution in [0.4, 0.5) is 32.0 Å². The molecular weight excluding hydrogens is 560 g/mol. The number of carbonyl (C=O) groups is 1. The van der Waals surface area contributed by atoms with Crippen molar-refractivity contribution in [3.63, 3.8) is 0 Å². The number of carboxylic acid groups (broad SMARTS) is 1. The summed E-state index contributed by atoms with van der Waals surface area (Å²) in [6.45, 7) is 6.93. The second kappa shape index (κ2) is 14.0. The molecule has 10 heteroatoms. The van der Waals surface area contributed by atoms with E-state index in [4.69, 9.17) is 0 Å². The number of aliphatic carboxylic acids is 1. The maximum Gasteiger partial charge on any atom is 0.573 e. The second-order valence-electron chi connectivity index (χ2n) is 10.7. The van der Waals surface area contributed by atoms with Crippen LogP contribution in [0.5, 0.6) is 5.75 Å². The summed E-state index contributed by atoms with van der Waals surface area (Å²) in [6.07, 6.45) is -6.65. The number of unbranched alkanes of at least 4 members (excludes halogenated alkanes) is 1. The molecule has 42 heavy (non-hydrogen) atoms. The molecule has 0 bridgehead atoms. The number of ether oxygens (including phenoxy) is 1. The lowest BCUT2D eigenvalue weighted by Gasteiger charge is -2.28. The molecule has 0 spiro atoms. The molecule has 0 radical (unpaired) electrons. The Morgan fingerprint density at radius 2 is 1.52 bits per heavy atom. The highest BCUT2D eigenvalue weighted by Gasteiger charge is 2.31. The molecule has 4 nitrogen and oxygen atoms in total. The minimum atomic E-state index is -4.81. The minimum absolute atomic E-state index is 0.307. The Labute approximate surface area is 241 Å². The summed E-state index contributed by atoms with van der Waals surface area (Å²) in [5.41, 5.74) is 2.19. The molecule has 0 aromatic heterocycles. The zero-order valence-corrected chi connectivity index (χ0v) is 23.7. The van der Waals surface area contributed by atoms with Crippen LogP contribution in [0.3, 0.4) is 0 Å². The molecule has 0 aliphatic rings. The van der Waals surface area contributed by atoms with Gasteiger partial charge in [0.05, 0.1) is 11.5 Å². The smallest absolute Gasteiger partial charge is 0.481 e. The van der Waals surface area contributed by atoms with Gasteiger partial charge in [-0.2, -0.15) is 13.2 Å². The van der Waals surface area contributed by atoms with Crippen LogP contribution >= 0.6 is 0 Å². The Balaban J connectivity index is 2.08. The van der Waals surface area contributed by atoms with Gasteiger partial charge in [0.15, 0.2) is 0 Å². The van der Waals surface area contributed by atoms with E-state index in [-0.39, 0.29) is 5.75 Å². The van der Waals surface area contributed by atoms with Crippen LogP contribution in [-0.2, 0) is 17.5 Å². The summed E-state index contributed by atoms with van der Waals surface area (Å²) in [4.78, 5) is 14.3. The lowest BCUT2D eigenvalue weighted by atomic mass is 9.90. The number of anilines is 1. The van der Waals surface area contributed by atoms with E-state index in [2.05, 4.69) is 18.6 Å². The predicted molar refractivity (Wildman–Crippen MR) is 150 cm³/mol. The van der Waals surface area contributed by atoms with Gasteiger partial charge in [-0.15, -0.1) is 13.2 Å². The van der Waals surface area contributed by atoms with E-state index >= 15 is 0 Å². The van der Waals surface area contributed by atoms with Crippen molar-refractivity contribution in [1.82, 2.24) is 0 Å². The molecule has 0 aliphatic carbocycles. The molecule has 0 fully saturated rings. The van der Waals surface area contributed by atoms with E-state index in [1.54, 1.807) is 12.1 Å². The zero-order valence-electron chi connectivity index (χ0n) is 23.7. The summed E-state index contributed by atoms with van der Waals surface area (Å²) >= 11 is 0. The molecule has 3 rings (SSSR count). The lowest BCUT2D eigenvalue weighted by Crippen LogP contribution is -2.25. The number of halogens is 6. The lowest BCUT2D eigenvalue weighted by molar-refractivity contribution is -0.274. The van der Waals surface area contributed by atoms with Gasteiger partial charge in [-0.05, 0) is 77.4 Å². The quantitative estimate of drug-likeness (QED) is 0.200. The molecule has 0 saturated carbocycles. The molecule has 1 N–H and O–H groups in total. The third-order valence-corrected chi connectivity index (χ3v) is 6.90. The molecule has 0 amide bonds. The number of hydrogen-bond acceptors (Lipinski definition) is 3. The van der Waals surface area contributed by atoms with Crippen molar-refractivity contribution in [2.24, 2.45) is 5.92 Å². The molecule has 1 unspecified atom stereocenters. The fourth-order valence-electron chi connectivity index (χ4n) is 4.61. The molecule has 0 aliphatic heterocycles. The first-order chi connectivity index (χ1) is 19.7. The summed E-state index contributed by atoms with van der Waals surface area (Å²) in [5, 5.41) is 10.1. The number of hydrogen-bond donors (Lipinski definition) is 1. The molecule has 228 valence electrons. The number of alkyl halides is 6. The first-order valence-electron chi connectivity index (χ1n) is 13.8. The van der Waals surface area contributed by atoms with Gasteiger partial charge in [0.1, 0.15) is 5.75 Å². The molecule has 0 heterocycles. The van der Waals surface area contributed by atoms with Crippen LogP contribution in [0.1, 0.15) is 69.1 Å². The number of benzene rings is 3. The number of nitrogens with zero attached hydrogens (tertiary/aromatic N) is 1. The van der Waals surface area contributed by atoms with E-state index in [0.29, 0.717) is 59.8 Å². The van der Waals surface area contributed by atoms with Gasteiger partial charge in [-0.25, -0.2) is 0 Å². The second-order valence-corrected chi connectivity index (χ2v) is 10.7. The Kier molecular flexibility index (Phi) is 10.9. The summed E-state index contributed by atoms with van der Waals surface area (Å²) < 4.78 is 81.4. The third-order valence-electron chi connectivity index (χ3n) is 6.90. The fraction of sp³-hybridized carbons (Fsp3) is 0.406. The minimum Gasteiger partial charge on any atom is -0.481 e. The monoisotopic (exact) mass is 595 g/mol. The zero-order chi connectivity index (χ0) is 31.1. The van der Waals surface area contributed by atoms with Crippen molar-refractivity contribution in [3.8, 4) is 16.9 Å². The van der Waals surface area contributed by atoms with Gasteiger partial charge in [0.2, 0.25) is 0 Å². The van der Waals surface area contributed by atoms with Crippen molar-refractivity contribution >= 4 is 11.7 Å². The maximum atomic E-state index is 13.2. The molecular formula is C32H35F6NO3. The SMILES string of the molecule is CCCCC(C(=O)O)c1cc(-c2ccc(C(F)(F)F)cc2)cc(N(CCC(C)C)Cc2ccc(OC(F)(F)F)cc2)c1. The fourth-order valence-corrected chi connectivity index (χ4v) is 4.61. The van der Waals surface area contributed by atoms with Crippen LogP contribution in [0, 0.1) is 5.92 Å². The molecule has 1 atom stereocenters. The predicted octanol–water partition coefficient (Wildman–Crippen LogP) is 9.68. The van der Waals surface area contributed by atoms with E-state index in [9.17, 15) is 36.2 Å². The van der Waals surface area contributed by atoms with E-state index < -0.39 is 30.0 Å². The van der Waals surface area contributed by atoms with Gasteiger partial charge in [0, 0.05) is 18.8 Å². The van der Waals surface area contributed by atoms with Crippen LogP contribution < -0.4 is 9.64 Å². The van der Waals surface area contributed by atoms with Crippen LogP contribution in [0.2, 0.25) is 0 Å². The highest BCUT2D eigenvalue weighted by Crippen LogP contribution is 2.36. The summed E-state index contributed by atoms with van der Waals surface area (Å²) in [6, 6.07) is 15.6. The molecule has 3 aromatic rings. The van der Waals surface area contributed by atoms with Crippen LogP contribution in [-0.4, -0.2) is 24.0 Å². The first kappa shape index (κ1) is 32.8. The van der Waals surface area contributed by atoms with Crippen molar-refractivity contribution in [3.05, 3.63) is 83.4 Å². The van der Waals surface area contributed by atoms with Crippen LogP contribution in [0.15, 0.2) is 66.7 Å². The van der Waals surface area contributed by atoms with Crippen molar-refractivity contribution < 1.29 is 41.0 Å². The maximum absolute atomic E-state index is 13.2. The van der Waals surface area contributed by atoms with Gasteiger partial charge in [-0.3, -0.25) is 4.79 Å². The Bertz CT molecular complexity index is 1300. The standard InChI is InChI=1S/C32H35F6NO3/c1-4-5-6-29(30(40)41)25-17-24(23-9-11-26(12-10-23)31(33,34)35)18-27(19-25)39(16-15-21(2)3)20-22-7-13-28(14-8-22)42-32(36,37)38/h7-14,17-19,21,29H,4-6,15-16,20H2,1-3H3,(H,40,41). The Hall–Kier alpha value is -3.69. The van der Waals surface area contributed by atoms with E-state index in [1.807, 2.05) is 17.9 Å². The normalized spacial score (nSPS) is 12.8.